The fourth-order valence-corrected chi connectivity index (χ4v) is 9.87. The number of nitrogens with zero attached hydrogens (tertiary/aromatic N) is 9. The molecule has 0 spiro atoms. The van der Waals surface area contributed by atoms with E-state index < -0.39 is 23.2 Å². The monoisotopic (exact) mass is 799 g/mol. The van der Waals surface area contributed by atoms with Crippen LogP contribution in [0.25, 0.3) is 0 Å². The zero-order chi connectivity index (χ0) is 38.4. The molecule has 0 N–H and O–H groups in total. The molecule has 21 heteroatoms. The maximum Gasteiger partial charge on any atom is 0.457 e. The summed E-state index contributed by atoms with van der Waals surface area (Å²) in [5, 5.41) is 0. The standard InChI is InChI=1S/C31H64N9O9P3/c1-10-11-12-13-14-23-44-50(41,32-29-35(4)17-18-36(29)5)45-24-15-25-46-51(42,33-30-37(6)19-20-38(30)7)47-26-16-27-48-52(43,49-28(2)3)34-31-39(8)21-22-40(31)9/h28H,10-27H2,1-9H3. The Kier molecular flexibility index (Phi) is 18.4. The van der Waals surface area contributed by atoms with Crippen molar-refractivity contribution in [1.82, 2.24) is 29.4 Å². The number of likely N-dealkylation sites (N-methyl/N-ethyl adjacent to an activating group) is 6. The van der Waals surface area contributed by atoms with Crippen LogP contribution in [0, 0.1) is 0 Å². The third-order valence-corrected chi connectivity index (χ3v) is 12.9. The molecule has 0 saturated carbocycles. The van der Waals surface area contributed by atoms with Crippen molar-refractivity contribution in [2.45, 2.75) is 71.8 Å². The van der Waals surface area contributed by atoms with E-state index in [0.717, 1.165) is 58.3 Å². The van der Waals surface area contributed by atoms with Gasteiger partial charge in [0.2, 0.25) is 17.9 Å². The largest absolute Gasteiger partial charge is 0.457 e. The number of hydrogen-bond donors (Lipinski definition) is 0. The number of guanidine groups is 3. The fraction of sp³-hybridized carbons (Fsp3) is 0.903. The Morgan fingerprint density at radius 1 is 0.481 bits per heavy atom. The molecule has 3 atom stereocenters. The first kappa shape index (κ1) is 44.7. The quantitative estimate of drug-likeness (QED) is 0.0916. The highest BCUT2D eigenvalue weighted by molar-refractivity contribution is 7.53. The molecule has 3 fully saturated rings. The second-order valence-corrected chi connectivity index (χ2v) is 18.5. The lowest BCUT2D eigenvalue weighted by molar-refractivity contribution is 0.151. The predicted molar refractivity (Wildman–Crippen MR) is 205 cm³/mol. The second-order valence-electron chi connectivity index (χ2n) is 13.6. The molecule has 3 saturated heterocycles. The number of rotatable bonds is 24. The Labute approximate surface area is 311 Å². The Morgan fingerprint density at radius 3 is 1.10 bits per heavy atom. The Balaban J connectivity index is 1.60. The van der Waals surface area contributed by atoms with Gasteiger partial charge in [-0.2, -0.15) is 0 Å². The van der Waals surface area contributed by atoms with E-state index in [1.54, 1.807) is 13.8 Å². The smallest absolute Gasteiger partial charge is 0.344 e. The van der Waals surface area contributed by atoms with Crippen LogP contribution < -0.4 is 0 Å². The van der Waals surface area contributed by atoms with Crippen molar-refractivity contribution in [3.05, 3.63) is 0 Å². The highest BCUT2D eigenvalue weighted by atomic mass is 31.2. The van der Waals surface area contributed by atoms with Crippen molar-refractivity contribution < 1.29 is 40.8 Å². The molecule has 0 aliphatic carbocycles. The van der Waals surface area contributed by atoms with E-state index in [0.29, 0.717) is 31.0 Å². The van der Waals surface area contributed by atoms with Crippen LogP contribution >= 0.6 is 23.2 Å². The maximum absolute atomic E-state index is 14.0. The molecule has 0 amide bonds. The number of hydrogen-bond acceptors (Lipinski definition) is 9. The first-order valence-corrected chi connectivity index (χ1v) is 22.9. The summed E-state index contributed by atoms with van der Waals surface area (Å²) in [6.07, 6.45) is 5.16. The van der Waals surface area contributed by atoms with E-state index in [1.807, 2.05) is 71.7 Å². The predicted octanol–water partition coefficient (Wildman–Crippen LogP) is 5.27. The van der Waals surface area contributed by atoms with Gasteiger partial charge in [-0.15, -0.1) is 14.3 Å². The zero-order valence-corrected chi connectivity index (χ0v) is 35.5. The lowest BCUT2D eigenvalue weighted by atomic mass is 10.2. The van der Waals surface area contributed by atoms with E-state index in [1.165, 1.54) is 0 Å². The average Bonchev–Trinajstić information content (AvgIpc) is 3.68. The van der Waals surface area contributed by atoms with Gasteiger partial charge in [-0.1, -0.05) is 32.6 Å². The third kappa shape index (κ3) is 14.5. The van der Waals surface area contributed by atoms with Crippen molar-refractivity contribution in [3.8, 4) is 0 Å². The number of unbranched alkanes of at least 4 members (excludes halogenated alkanes) is 4. The Morgan fingerprint density at radius 2 is 0.769 bits per heavy atom. The molecule has 0 bridgehead atoms. The van der Waals surface area contributed by atoms with Gasteiger partial charge in [-0.3, -0.25) is 27.1 Å². The minimum Gasteiger partial charge on any atom is -0.344 e. The second kappa shape index (κ2) is 21.4. The maximum atomic E-state index is 14.0. The molecule has 302 valence electrons. The van der Waals surface area contributed by atoms with E-state index in [-0.39, 0.29) is 52.0 Å². The normalized spacial score (nSPS) is 20.3. The van der Waals surface area contributed by atoms with E-state index in [2.05, 4.69) is 21.2 Å². The van der Waals surface area contributed by atoms with Crippen LogP contribution in [0.4, 0.5) is 0 Å². The van der Waals surface area contributed by atoms with Crippen molar-refractivity contribution in [3.63, 3.8) is 0 Å². The summed E-state index contributed by atoms with van der Waals surface area (Å²) in [5.74, 6) is 1.55. The highest BCUT2D eigenvalue weighted by Gasteiger charge is 2.34. The van der Waals surface area contributed by atoms with Crippen LogP contribution in [0.2, 0.25) is 0 Å². The summed E-state index contributed by atoms with van der Waals surface area (Å²) >= 11 is 0. The fourth-order valence-electron chi connectivity index (χ4n) is 5.42. The van der Waals surface area contributed by atoms with Crippen LogP contribution in [-0.2, 0) is 40.8 Å². The van der Waals surface area contributed by atoms with E-state index in [4.69, 9.17) is 27.1 Å². The van der Waals surface area contributed by atoms with Gasteiger partial charge in [0.25, 0.3) is 0 Å². The summed E-state index contributed by atoms with van der Waals surface area (Å²) in [6, 6.07) is 0. The topological polar surface area (TPSA) is 163 Å². The van der Waals surface area contributed by atoms with E-state index >= 15 is 0 Å². The van der Waals surface area contributed by atoms with Crippen molar-refractivity contribution in [1.29, 1.82) is 0 Å². The molecular formula is C31H64N9O9P3. The summed E-state index contributed by atoms with van der Waals surface area (Å²) in [7, 11) is -0.508. The van der Waals surface area contributed by atoms with Crippen molar-refractivity contribution >= 4 is 41.1 Å². The molecule has 3 unspecified atom stereocenters. The van der Waals surface area contributed by atoms with Gasteiger partial charge in [-0.05, 0) is 33.1 Å². The average molecular weight is 800 g/mol. The van der Waals surface area contributed by atoms with Gasteiger partial charge in [-0.25, -0.2) is 13.7 Å². The van der Waals surface area contributed by atoms with Gasteiger partial charge in [0.15, 0.2) is 0 Å². The van der Waals surface area contributed by atoms with E-state index in [9.17, 15) is 13.7 Å². The summed E-state index contributed by atoms with van der Waals surface area (Å²) < 4.78 is 89.0. The lowest BCUT2D eigenvalue weighted by Crippen LogP contribution is -2.28. The molecular weight excluding hydrogens is 735 g/mol. The molecule has 3 heterocycles. The minimum absolute atomic E-state index is 0.0143. The zero-order valence-electron chi connectivity index (χ0n) is 32.8. The van der Waals surface area contributed by atoms with Crippen LogP contribution in [0.5, 0.6) is 0 Å². The first-order chi connectivity index (χ1) is 24.6. The van der Waals surface area contributed by atoms with Crippen molar-refractivity contribution in [2.24, 2.45) is 14.3 Å². The summed E-state index contributed by atoms with van der Waals surface area (Å²) in [4.78, 5) is 11.3. The molecule has 18 nitrogen and oxygen atoms in total. The van der Waals surface area contributed by atoms with Gasteiger partial charge in [0.05, 0.1) is 39.1 Å². The van der Waals surface area contributed by atoms with Crippen LogP contribution in [0.15, 0.2) is 14.3 Å². The molecule has 0 aromatic rings. The van der Waals surface area contributed by atoms with Crippen LogP contribution in [0.3, 0.4) is 0 Å². The molecule has 52 heavy (non-hydrogen) atoms. The Bertz CT molecular complexity index is 1320. The van der Waals surface area contributed by atoms with Gasteiger partial charge in [0.1, 0.15) is 0 Å². The van der Waals surface area contributed by atoms with Crippen LogP contribution in [0.1, 0.15) is 65.7 Å². The third-order valence-electron chi connectivity index (χ3n) is 8.44. The molecule has 3 rings (SSSR count). The molecule has 3 aliphatic heterocycles. The van der Waals surface area contributed by atoms with Gasteiger partial charge >= 0.3 is 23.2 Å². The van der Waals surface area contributed by atoms with Gasteiger partial charge in [0, 0.05) is 81.6 Å². The SMILES string of the molecule is CCCCCCCOP(=O)(N=C1N(C)CCN1C)OCCCOP(=O)(N=C1N(C)CCN1C)OCCCOP(=O)(N=C1N(C)CCN1C)OC(C)C. The minimum atomic E-state index is -4.03. The molecule has 0 radical (unpaired) electrons. The molecule has 0 aromatic heterocycles. The Hall–Kier alpha value is -1.74. The lowest BCUT2D eigenvalue weighted by Gasteiger charge is -2.22. The van der Waals surface area contributed by atoms with Crippen molar-refractivity contribution in [2.75, 3.05) is 115 Å². The molecule has 0 aromatic carbocycles. The first-order valence-electron chi connectivity index (χ1n) is 18.4. The highest BCUT2D eigenvalue weighted by Crippen LogP contribution is 2.54. The molecule has 3 aliphatic rings. The summed E-state index contributed by atoms with van der Waals surface area (Å²) in [6.45, 7) is 10.2. The van der Waals surface area contributed by atoms with Gasteiger partial charge < -0.3 is 29.4 Å². The summed E-state index contributed by atoms with van der Waals surface area (Å²) in [5.41, 5.74) is 0. The van der Waals surface area contributed by atoms with Crippen LogP contribution in [-0.4, -0.2) is 168 Å².